The number of nitrogens with one attached hydrogen (secondary N) is 2. The van der Waals surface area contributed by atoms with E-state index < -0.39 is 0 Å². The largest absolute Gasteiger partial charge is 0.322 e. The van der Waals surface area contributed by atoms with Gasteiger partial charge < -0.3 is 10.6 Å². The number of carbonyl (C=O) groups excluding carboxylic acids is 2. The minimum atomic E-state index is -0.376. The number of amides is 2. The van der Waals surface area contributed by atoms with E-state index in [0.717, 1.165) is 5.56 Å². The minimum Gasteiger partial charge on any atom is -0.322 e. The normalized spacial score (nSPS) is 10.3. The van der Waals surface area contributed by atoms with Crippen LogP contribution in [0.3, 0.4) is 0 Å². The number of aryl methyl sites for hydroxylation is 1. The van der Waals surface area contributed by atoms with Crippen LogP contribution in [0.1, 0.15) is 26.3 Å². The molecule has 0 aliphatic carbocycles. The van der Waals surface area contributed by atoms with Crippen LogP contribution in [0.5, 0.6) is 0 Å². The number of benzene rings is 3. The quantitative estimate of drug-likeness (QED) is 0.644. The fourth-order valence-corrected chi connectivity index (χ4v) is 2.70. The predicted molar refractivity (Wildman–Crippen MR) is 105 cm³/mol. The summed E-state index contributed by atoms with van der Waals surface area (Å²) in [5.74, 6) is -1.01. The first-order valence-corrected chi connectivity index (χ1v) is 8.54. The van der Waals surface area contributed by atoms with Crippen molar-refractivity contribution in [2.75, 3.05) is 10.6 Å². The Hall–Kier alpha value is -3.18. The molecule has 0 spiro atoms. The third-order valence-corrected chi connectivity index (χ3v) is 4.18. The molecule has 0 atom stereocenters. The Kier molecular flexibility index (Phi) is 5.52. The van der Waals surface area contributed by atoms with Gasteiger partial charge in [0.1, 0.15) is 5.82 Å². The maximum atomic E-state index is 12.9. The third kappa shape index (κ3) is 4.71. The van der Waals surface area contributed by atoms with Crippen LogP contribution in [0.15, 0.2) is 66.7 Å². The molecule has 0 fully saturated rings. The van der Waals surface area contributed by atoms with Crippen molar-refractivity contribution in [2.24, 2.45) is 0 Å². The highest BCUT2D eigenvalue weighted by molar-refractivity contribution is 6.30. The van der Waals surface area contributed by atoms with Crippen molar-refractivity contribution in [3.8, 4) is 0 Å². The zero-order chi connectivity index (χ0) is 19.4. The summed E-state index contributed by atoms with van der Waals surface area (Å²) in [6.07, 6.45) is 0. The van der Waals surface area contributed by atoms with Crippen LogP contribution in [-0.4, -0.2) is 11.8 Å². The molecule has 2 N–H and O–H groups in total. The van der Waals surface area contributed by atoms with Gasteiger partial charge in [-0.2, -0.15) is 0 Å². The Morgan fingerprint density at radius 3 is 1.93 bits per heavy atom. The van der Waals surface area contributed by atoms with Gasteiger partial charge in [-0.25, -0.2) is 4.39 Å². The van der Waals surface area contributed by atoms with Gasteiger partial charge in [-0.1, -0.05) is 11.6 Å². The molecule has 27 heavy (non-hydrogen) atoms. The van der Waals surface area contributed by atoms with Crippen molar-refractivity contribution in [1.29, 1.82) is 0 Å². The van der Waals surface area contributed by atoms with Crippen LogP contribution in [0.25, 0.3) is 0 Å². The van der Waals surface area contributed by atoms with Crippen molar-refractivity contribution in [2.45, 2.75) is 6.92 Å². The molecule has 4 nitrogen and oxygen atoms in total. The SMILES string of the molecule is Cc1cc(Cl)ccc1NC(=O)c1ccc(C(=O)Nc2ccc(F)cc2)cc1. The number of rotatable bonds is 4. The molecule has 0 unspecified atom stereocenters. The van der Waals surface area contributed by atoms with Gasteiger partial charge in [-0.15, -0.1) is 0 Å². The molecular weight excluding hydrogens is 367 g/mol. The molecule has 0 heterocycles. The maximum Gasteiger partial charge on any atom is 0.255 e. The predicted octanol–water partition coefficient (Wildman–Crippen LogP) is 5.29. The monoisotopic (exact) mass is 382 g/mol. The molecule has 6 heteroatoms. The van der Waals surface area contributed by atoms with Crippen LogP contribution in [0, 0.1) is 12.7 Å². The van der Waals surface area contributed by atoms with Gasteiger partial charge in [-0.05, 0) is 79.2 Å². The highest BCUT2D eigenvalue weighted by Crippen LogP contribution is 2.20. The Labute approximate surface area is 161 Å². The molecule has 0 saturated heterocycles. The first-order chi connectivity index (χ1) is 12.9. The Balaban J connectivity index is 1.67. The first kappa shape index (κ1) is 18.6. The summed E-state index contributed by atoms with van der Waals surface area (Å²) in [7, 11) is 0. The van der Waals surface area contributed by atoms with Gasteiger partial charge in [0.2, 0.25) is 0 Å². The van der Waals surface area contributed by atoms with Crippen molar-refractivity contribution < 1.29 is 14.0 Å². The van der Waals surface area contributed by atoms with Crippen molar-refractivity contribution in [3.63, 3.8) is 0 Å². The number of hydrogen-bond donors (Lipinski definition) is 2. The molecule has 0 radical (unpaired) electrons. The van der Waals surface area contributed by atoms with E-state index in [1.807, 2.05) is 6.92 Å². The lowest BCUT2D eigenvalue weighted by Gasteiger charge is -2.09. The second-order valence-corrected chi connectivity index (χ2v) is 6.39. The lowest BCUT2D eigenvalue weighted by molar-refractivity contribution is 0.101. The summed E-state index contributed by atoms with van der Waals surface area (Å²) in [6.45, 7) is 1.85. The first-order valence-electron chi connectivity index (χ1n) is 8.17. The summed E-state index contributed by atoms with van der Waals surface area (Å²) >= 11 is 5.91. The van der Waals surface area contributed by atoms with Gasteiger partial charge in [0, 0.05) is 27.5 Å². The van der Waals surface area contributed by atoms with E-state index >= 15 is 0 Å². The molecule has 136 valence electrons. The highest BCUT2D eigenvalue weighted by atomic mass is 35.5. The number of halogens is 2. The molecule has 0 bridgehead atoms. The summed E-state index contributed by atoms with van der Waals surface area (Å²) < 4.78 is 12.9. The molecular formula is C21H16ClFN2O2. The third-order valence-electron chi connectivity index (χ3n) is 3.95. The highest BCUT2D eigenvalue weighted by Gasteiger charge is 2.11. The molecule has 3 rings (SSSR count). The van der Waals surface area contributed by atoms with E-state index in [-0.39, 0.29) is 17.6 Å². The lowest BCUT2D eigenvalue weighted by atomic mass is 10.1. The van der Waals surface area contributed by atoms with Gasteiger partial charge in [-0.3, -0.25) is 9.59 Å². The van der Waals surface area contributed by atoms with E-state index in [0.29, 0.717) is 27.5 Å². The average molecular weight is 383 g/mol. The van der Waals surface area contributed by atoms with Crippen LogP contribution in [0.4, 0.5) is 15.8 Å². The van der Waals surface area contributed by atoms with Crippen molar-refractivity contribution in [3.05, 3.63) is 94.3 Å². The van der Waals surface area contributed by atoms with Crippen molar-refractivity contribution in [1.82, 2.24) is 0 Å². The molecule has 0 aliphatic rings. The fourth-order valence-electron chi connectivity index (χ4n) is 2.47. The van der Waals surface area contributed by atoms with E-state index in [1.165, 1.54) is 24.3 Å². The van der Waals surface area contributed by atoms with E-state index in [1.54, 1.807) is 42.5 Å². The Bertz CT molecular complexity index is 986. The van der Waals surface area contributed by atoms with Gasteiger partial charge >= 0.3 is 0 Å². The fraction of sp³-hybridized carbons (Fsp3) is 0.0476. The summed E-state index contributed by atoms with van der Waals surface area (Å²) in [4.78, 5) is 24.6. The minimum absolute atomic E-state index is 0.286. The van der Waals surface area contributed by atoms with Crippen LogP contribution >= 0.6 is 11.6 Å². The lowest BCUT2D eigenvalue weighted by Crippen LogP contribution is -2.14. The smallest absolute Gasteiger partial charge is 0.255 e. The molecule has 0 aromatic heterocycles. The molecule has 0 aliphatic heterocycles. The summed E-state index contributed by atoms with van der Waals surface area (Å²) in [6, 6.07) is 16.9. The van der Waals surface area contributed by atoms with Crippen LogP contribution in [-0.2, 0) is 0 Å². The summed E-state index contributed by atoms with van der Waals surface area (Å²) in [5, 5.41) is 6.08. The maximum absolute atomic E-state index is 12.9. The van der Waals surface area contributed by atoms with Gasteiger partial charge in [0.15, 0.2) is 0 Å². The number of hydrogen-bond acceptors (Lipinski definition) is 2. The van der Waals surface area contributed by atoms with E-state index in [2.05, 4.69) is 10.6 Å². The van der Waals surface area contributed by atoms with Gasteiger partial charge in [0.05, 0.1) is 0 Å². The Morgan fingerprint density at radius 1 is 0.815 bits per heavy atom. The number of carbonyl (C=O) groups is 2. The van der Waals surface area contributed by atoms with E-state index in [4.69, 9.17) is 11.6 Å². The van der Waals surface area contributed by atoms with Crippen LogP contribution in [0.2, 0.25) is 5.02 Å². The summed E-state index contributed by atoms with van der Waals surface area (Å²) in [5.41, 5.74) is 2.82. The standard InChI is InChI=1S/C21H16ClFN2O2/c1-13-12-16(22)6-11-19(13)25-21(27)15-4-2-14(3-5-15)20(26)24-18-9-7-17(23)8-10-18/h2-12H,1H3,(H,24,26)(H,25,27). The Morgan fingerprint density at radius 2 is 1.37 bits per heavy atom. The molecule has 3 aromatic carbocycles. The van der Waals surface area contributed by atoms with Crippen molar-refractivity contribution >= 4 is 34.8 Å². The number of anilines is 2. The second-order valence-electron chi connectivity index (χ2n) is 5.95. The molecule has 2 amide bonds. The molecule has 3 aromatic rings. The molecule has 0 saturated carbocycles. The van der Waals surface area contributed by atoms with Gasteiger partial charge in [0.25, 0.3) is 11.8 Å². The zero-order valence-corrected chi connectivity index (χ0v) is 15.2. The second kappa shape index (κ2) is 8.01. The van der Waals surface area contributed by atoms with E-state index in [9.17, 15) is 14.0 Å². The van der Waals surface area contributed by atoms with Crippen LogP contribution < -0.4 is 10.6 Å². The zero-order valence-electron chi connectivity index (χ0n) is 14.4. The average Bonchev–Trinajstić information content (AvgIpc) is 2.66. The topological polar surface area (TPSA) is 58.2 Å².